The Morgan fingerprint density at radius 3 is 2.57 bits per heavy atom. The Hall–Kier alpha value is -4.91. The number of nitrogens with zero attached hydrogens (tertiary/aromatic N) is 5. The van der Waals surface area contributed by atoms with E-state index in [-0.39, 0.29) is 17.3 Å². The van der Waals surface area contributed by atoms with E-state index in [1.807, 2.05) is 30.1 Å². The molecule has 5 aromatic rings. The quantitative estimate of drug-likeness (QED) is 0.227. The zero-order valence-electron chi connectivity index (χ0n) is 24.2. The summed E-state index contributed by atoms with van der Waals surface area (Å²) in [5.74, 6) is -0.600. The summed E-state index contributed by atoms with van der Waals surface area (Å²) < 4.78 is 53.7. The van der Waals surface area contributed by atoms with Crippen LogP contribution < -0.4 is 15.5 Å². The predicted octanol–water partition coefficient (Wildman–Crippen LogP) is 5.37. The van der Waals surface area contributed by atoms with E-state index in [0.717, 1.165) is 23.7 Å². The van der Waals surface area contributed by atoms with Crippen LogP contribution in [0.1, 0.15) is 24.0 Å². The molecule has 0 bridgehead atoms. The number of halogens is 2. The van der Waals surface area contributed by atoms with Crippen molar-refractivity contribution >= 4 is 55.9 Å². The highest BCUT2D eigenvalue weighted by molar-refractivity contribution is 7.89. The number of carbonyl (C=O) groups is 1. The van der Waals surface area contributed by atoms with Gasteiger partial charge in [0, 0.05) is 37.8 Å². The number of benzene rings is 3. The maximum absolute atomic E-state index is 14.6. The van der Waals surface area contributed by atoms with Crippen LogP contribution in [0.4, 0.5) is 37.9 Å². The third-order valence-electron chi connectivity index (χ3n) is 7.70. The fourth-order valence-electron chi connectivity index (χ4n) is 5.30. The van der Waals surface area contributed by atoms with Crippen molar-refractivity contribution in [2.75, 3.05) is 28.8 Å². The highest BCUT2D eigenvalue weighted by atomic mass is 32.2. The molecule has 1 aliphatic carbocycles. The summed E-state index contributed by atoms with van der Waals surface area (Å²) in [6.45, 7) is 0. The molecule has 2 heterocycles. The van der Waals surface area contributed by atoms with Crippen molar-refractivity contribution in [3.63, 3.8) is 0 Å². The van der Waals surface area contributed by atoms with Crippen LogP contribution in [0.3, 0.4) is 0 Å². The zero-order valence-corrected chi connectivity index (χ0v) is 25.0. The second kappa shape index (κ2) is 11.0. The molecule has 1 aliphatic rings. The van der Waals surface area contributed by atoms with Crippen LogP contribution in [0.5, 0.6) is 0 Å². The number of carbonyl (C=O) groups excluding carboxylic acids is 1. The van der Waals surface area contributed by atoms with E-state index in [1.54, 1.807) is 48.1 Å². The summed E-state index contributed by atoms with van der Waals surface area (Å²) in [4.78, 5) is 28.9. The van der Waals surface area contributed by atoms with Crippen molar-refractivity contribution in [2.45, 2.75) is 24.0 Å². The molecule has 1 fully saturated rings. The lowest BCUT2D eigenvalue weighted by Crippen LogP contribution is -2.30. The topological polar surface area (TPSA) is 122 Å². The van der Waals surface area contributed by atoms with Gasteiger partial charge in [0.05, 0.1) is 22.4 Å². The SMILES string of the molecule is CN(c1ccnc(Nc2cccc(CS(C)(=O)=O)c2)n1)c1cccc2c1nc(NC(=O)C1(c3cc(F)ccc3F)CC1)n2C. The van der Waals surface area contributed by atoms with Crippen LogP contribution in [0.25, 0.3) is 11.0 Å². The average molecular weight is 618 g/mol. The van der Waals surface area contributed by atoms with Gasteiger partial charge < -0.3 is 14.8 Å². The van der Waals surface area contributed by atoms with Gasteiger partial charge in [-0.15, -0.1) is 0 Å². The number of hydrogen-bond acceptors (Lipinski definition) is 8. The largest absolute Gasteiger partial charge is 0.327 e. The number of hydrogen-bond donors (Lipinski definition) is 2. The van der Waals surface area contributed by atoms with Crippen molar-refractivity contribution in [2.24, 2.45) is 7.05 Å². The molecule has 0 radical (unpaired) electrons. The summed E-state index contributed by atoms with van der Waals surface area (Å²) in [5.41, 5.74) is 2.23. The van der Waals surface area contributed by atoms with Gasteiger partial charge in [-0.25, -0.2) is 27.2 Å². The molecule has 13 heteroatoms. The normalized spacial score (nSPS) is 13.9. The van der Waals surface area contributed by atoms with E-state index in [9.17, 15) is 22.0 Å². The number of para-hydroxylation sites is 1. The van der Waals surface area contributed by atoms with E-state index in [1.165, 1.54) is 6.26 Å². The number of amides is 1. The van der Waals surface area contributed by atoms with Gasteiger partial charge in [-0.05, 0) is 66.9 Å². The summed E-state index contributed by atoms with van der Waals surface area (Å²) in [7, 11) is 0.404. The number of imidazole rings is 1. The molecule has 2 aromatic heterocycles. The summed E-state index contributed by atoms with van der Waals surface area (Å²) >= 11 is 0. The van der Waals surface area contributed by atoms with Gasteiger partial charge in [-0.2, -0.15) is 4.98 Å². The van der Waals surface area contributed by atoms with Gasteiger partial charge in [0.25, 0.3) is 0 Å². The molecule has 10 nitrogen and oxygen atoms in total. The van der Waals surface area contributed by atoms with Gasteiger partial charge >= 0.3 is 0 Å². The molecular weight excluding hydrogens is 588 g/mol. The molecule has 44 heavy (non-hydrogen) atoms. The summed E-state index contributed by atoms with van der Waals surface area (Å²) in [6.07, 6.45) is 3.60. The Morgan fingerprint density at radius 1 is 1.05 bits per heavy atom. The Balaban J connectivity index is 1.26. The summed E-state index contributed by atoms with van der Waals surface area (Å²) in [6, 6.07) is 17.5. The summed E-state index contributed by atoms with van der Waals surface area (Å²) in [5, 5.41) is 5.97. The lowest BCUT2D eigenvalue weighted by molar-refractivity contribution is -0.118. The molecule has 3 aromatic carbocycles. The first kappa shape index (κ1) is 29.2. The minimum Gasteiger partial charge on any atom is -0.327 e. The van der Waals surface area contributed by atoms with E-state index < -0.39 is 32.8 Å². The molecule has 1 saturated carbocycles. The average Bonchev–Trinajstić information content (AvgIpc) is 3.73. The van der Waals surface area contributed by atoms with E-state index in [4.69, 9.17) is 4.98 Å². The van der Waals surface area contributed by atoms with Crippen molar-refractivity contribution < 1.29 is 22.0 Å². The molecule has 0 spiro atoms. The smallest absolute Gasteiger partial charge is 0.237 e. The highest BCUT2D eigenvalue weighted by Gasteiger charge is 2.53. The Morgan fingerprint density at radius 2 is 1.82 bits per heavy atom. The first-order chi connectivity index (χ1) is 20.9. The maximum atomic E-state index is 14.6. The predicted molar refractivity (Wildman–Crippen MR) is 165 cm³/mol. The van der Waals surface area contributed by atoms with E-state index in [0.29, 0.717) is 47.1 Å². The van der Waals surface area contributed by atoms with Crippen molar-refractivity contribution in [1.82, 2.24) is 19.5 Å². The molecule has 0 aliphatic heterocycles. The van der Waals surface area contributed by atoms with Crippen LogP contribution in [-0.2, 0) is 32.8 Å². The number of aromatic nitrogens is 4. The van der Waals surface area contributed by atoms with Crippen molar-refractivity contribution in [3.05, 3.63) is 95.7 Å². The van der Waals surface area contributed by atoms with Crippen LogP contribution in [0.2, 0.25) is 0 Å². The minimum absolute atomic E-state index is 0.0458. The fraction of sp³-hybridized carbons (Fsp3) is 0.226. The lowest BCUT2D eigenvalue weighted by atomic mass is 9.94. The Kier molecular flexibility index (Phi) is 7.28. The van der Waals surface area contributed by atoms with Crippen molar-refractivity contribution in [1.29, 1.82) is 0 Å². The molecule has 0 unspecified atom stereocenters. The maximum Gasteiger partial charge on any atom is 0.237 e. The Bertz CT molecular complexity index is 2030. The molecule has 226 valence electrons. The van der Waals surface area contributed by atoms with Crippen LogP contribution in [-0.4, -0.2) is 47.1 Å². The minimum atomic E-state index is -3.19. The molecule has 6 rings (SSSR count). The van der Waals surface area contributed by atoms with E-state index >= 15 is 0 Å². The van der Waals surface area contributed by atoms with Crippen molar-refractivity contribution in [3.8, 4) is 0 Å². The van der Waals surface area contributed by atoms with E-state index in [2.05, 4.69) is 20.6 Å². The second-order valence-electron chi connectivity index (χ2n) is 11.0. The van der Waals surface area contributed by atoms with Gasteiger partial charge in [-0.1, -0.05) is 18.2 Å². The monoisotopic (exact) mass is 617 g/mol. The zero-order chi connectivity index (χ0) is 31.2. The Labute approximate surface area is 252 Å². The fourth-order valence-corrected chi connectivity index (χ4v) is 6.09. The molecule has 0 saturated heterocycles. The van der Waals surface area contributed by atoms with Crippen LogP contribution >= 0.6 is 0 Å². The first-order valence-corrected chi connectivity index (χ1v) is 15.8. The third-order valence-corrected chi connectivity index (χ3v) is 8.56. The van der Waals surface area contributed by atoms with Gasteiger partial charge in [0.1, 0.15) is 23.0 Å². The third kappa shape index (κ3) is 5.70. The van der Waals surface area contributed by atoms with Gasteiger partial charge in [0.15, 0.2) is 9.84 Å². The molecular formula is C31H29F2N7O3S. The molecule has 1 amide bonds. The highest BCUT2D eigenvalue weighted by Crippen LogP contribution is 2.50. The number of anilines is 5. The van der Waals surface area contributed by atoms with Crippen LogP contribution in [0, 0.1) is 11.6 Å². The number of sulfone groups is 1. The number of aryl methyl sites for hydroxylation is 1. The van der Waals surface area contributed by atoms with Gasteiger partial charge in [0.2, 0.25) is 17.8 Å². The number of nitrogens with one attached hydrogen (secondary N) is 2. The standard InChI is InChI=1S/C31H29F2N7O3S/c1-39(26-12-15-34-29(36-26)35-21-7-4-6-19(16-21)18-44(3,42)43)24-8-5-9-25-27(24)37-30(40(25)2)38-28(41)31(13-14-31)22-17-20(32)10-11-23(22)33/h4-12,15-17H,13-14,18H2,1-3H3,(H,34,35,36)(H,37,38,41). The van der Waals surface area contributed by atoms with Crippen LogP contribution in [0.15, 0.2) is 72.9 Å². The molecule has 2 N–H and O–H groups in total. The molecule has 0 atom stereocenters. The lowest BCUT2D eigenvalue weighted by Gasteiger charge is -2.19. The number of fused-ring (bicyclic) bond motifs is 1. The second-order valence-corrected chi connectivity index (χ2v) is 13.1. The van der Waals surface area contributed by atoms with Gasteiger partial charge in [-0.3, -0.25) is 10.1 Å². The first-order valence-electron chi connectivity index (χ1n) is 13.8. The number of rotatable bonds is 9.